The van der Waals surface area contributed by atoms with Gasteiger partial charge >= 0.3 is 0 Å². The van der Waals surface area contributed by atoms with Crippen molar-refractivity contribution in [2.75, 3.05) is 6.54 Å². The SMILES string of the molecule is CCn1c(-c2csc(CCN)n2)nc2c(F)cccc21. The predicted octanol–water partition coefficient (Wildman–Crippen LogP) is 2.82. The topological polar surface area (TPSA) is 56.7 Å². The Labute approximate surface area is 120 Å². The Kier molecular flexibility index (Phi) is 3.50. The first-order valence-electron chi connectivity index (χ1n) is 6.54. The third-order valence-electron chi connectivity index (χ3n) is 3.18. The van der Waals surface area contributed by atoms with Crippen LogP contribution < -0.4 is 5.73 Å². The van der Waals surface area contributed by atoms with E-state index in [4.69, 9.17) is 5.73 Å². The molecule has 3 aromatic rings. The summed E-state index contributed by atoms with van der Waals surface area (Å²) in [7, 11) is 0. The number of benzene rings is 1. The summed E-state index contributed by atoms with van der Waals surface area (Å²) in [4.78, 5) is 8.96. The molecule has 0 bridgehead atoms. The largest absolute Gasteiger partial charge is 0.330 e. The highest BCUT2D eigenvalue weighted by atomic mass is 32.1. The lowest BCUT2D eigenvalue weighted by Gasteiger charge is -2.03. The van der Waals surface area contributed by atoms with Gasteiger partial charge in [0.25, 0.3) is 0 Å². The van der Waals surface area contributed by atoms with Crippen LogP contribution in [-0.2, 0) is 13.0 Å². The van der Waals surface area contributed by atoms with E-state index < -0.39 is 0 Å². The van der Waals surface area contributed by atoms with E-state index >= 15 is 0 Å². The fraction of sp³-hybridized carbons (Fsp3) is 0.286. The van der Waals surface area contributed by atoms with Gasteiger partial charge in [-0.2, -0.15) is 0 Å². The Bertz CT molecular complexity index is 747. The molecule has 0 aliphatic carbocycles. The highest BCUT2D eigenvalue weighted by Gasteiger charge is 2.16. The second kappa shape index (κ2) is 5.30. The van der Waals surface area contributed by atoms with Gasteiger partial charge in [-0.15, -0.1) is 11.3 Å². The van der Waals surface area contributed by atoms with Crippen LogP contribution >= 0.6 is 11.3 Å². The normalized spacial score (nSPS) is 11.3. The molecule has 2 aromatic heterocycles. The van der Waals surface area contributed by atoms with E-state index in [2.05, 4.69) is 9.97 Å². The maximum absolute atomic E-state index is 13.8. The molecule has 2 heterocycles. The summed E-state index contributed by atoms with van der Waals surface area (Å²) in [6.07, 6.45) is 0.755. The molecule has 0 fully saturated rings. The van der Waals surface area contributed by atoms with Crippen LogP contribution in [0.1, 0.15) is 11.9 Å². The van der Waals surface area contributed by atoms with E-state index in [1.807, 2.05) is 22.9 Å². The van der Waals surface area contributed by atoms with Crippen LogP contribution in [0.2, 0.25) is 0 Å². The minimum Gasteiger partial charge on any atom is -0.330 e. The van der Waals surface area contributed by atoms with Crippen molar-refractivity contribution in [2.45, 2.75) is 19.9 Å². The first kappa shape index (κ1) is 13.2. The quantitative estimate of drug-likeness (QED) is 0.804. The molecule has 3 rings (SSSR count). The molecular weight excluding hydrogens is 275 g/mol. The predicted molar refractivity (Wildman–Crippen MR) is 79.2 cm³/mol. The van der Waals surface area contributed by atoms with Crippen molar-refractivity contribution in [3.63, 3.8) is 0 Å². The lowest BCUT2D eigenvalue weighted by Crippen LogP contribution is -2.02. The van der Waals surface area contributed by atoms with Gasteiger partial charge in [-0.25, -0.2) is 14.4 Å². The zero-order valence-electron chi connectivity index (χ0n) is 11.1. The molecule has 0 unspecified atom stereocenters. The van der Waals surface area contributed by atoms with Gasteiger partial charge in [-0.05, 0) is 25.6 Å². The van der Waals surface area contributed by atoms with Crippen molar-refractivity contribution in [1.29, 1.82) is 0 Å². The molecule has 0 amide bonds. The number of halogens is 1. The van der Waals surface area contributed by atoms with Crippen molar-refractivity contribution < 1.29 is 4.39 Å². The lowest BCUT2D eigenvalue weighted by atomic mass is 10.3. The standard InChI is InChI=1S/C14H15FN4S/c1-2-19-11-5-3-4-9(15)13(11)18-14(19)10-8-20-12(17-10)6-7-16/h3-5,8H,2,6-7,16H2,1H3. The summed E-state index contributed by atoms with van der Waals surface area (Å²) < 4.78 is 15.8. The van der Waals surface area contributed by atoms with E-state index in [9.17, 15) is 4.39 Å². The molecule has 1 aromatic carbocycles. The number of aryl methyl sites for hydroxylation is 1. The highest BCUT2D eigenvalue weighted by molar-refractivity contribution is 7.09. The minimum absolute atomic E-state index is 0.298. The molecule has 0 saturated heterocycles. The summed E-state index contributed by atoms with van der Waals surface area (Å²) in [5.74, 6) is 0.417. The maximum Gasteiger partial charge on any atom is 0.160 e. The van der Waals surface area contributed by atoms with E-state index in [1.54, 1.807) is 17.4 Å². The van der Waals surface area contributed by atoms with Crippen LogP contribution in [0, 0.1) is 5.82 Å². The second-order valence-electron chi connectivity index (χ2n) is 4.45. The van der Waals surface area contributed by atoms with Crippen LogP contribution in [0.25, 0.3) is 22.6 Å². The summed E-state index contributed by atoms with van der Waals surface area (Å²) in [5, 5.41) is 2.94. The summed E-state index contributed by atoms with van der Waals surface area (Å²) in [5.41, 5.74) is 7.53. The Morgan fingerprint density at radius 2 is 2.20 bits per heavy atom. The molecule has 2 N–H and O–H groups in total. The van der Waals surface area contributed by atoms with E-state index in [0.29, 0.717) is 17.9 Å². The van der Waals surface area contributed by atoms with Gasteiger partial charge in [0.15, 0.2) is 11.6 Å². The smallest absolute Gasteiger partial charge is 0.160 e. The monoisotopic (exact) mass is 290 g/mol. The van der Waals surface area contributed by atoms with Crippen LogP contribution in [0.15, 0.2) is 23.6 Å². The Hall–Kier alpha value is -1.79. The number of nitrogens with two attached hydrogens (primary N) is 1. The van der Waals surface area contributed by atoms with Gasteiger partial charge in [0, 0.05) is 18.3 Å². The number of imidazole rings is 1. The fourth-order valence-electron chi connectivity index (χ4n) is 2.28. The molecule has 0 radical (unpaired) electrons. The van der Waals surface area contributed by atoms with Gasteiger partial charge < -0.3 is 10.3 Å². The number of rotatable bonds is 4. The van der Waals surface area contributed by atoms with Gasteiger partial charge in [0.2, 0.25) is 0 Å². The Morgan fingerprint density at radius 3 is 2.95 bits per heavy atom. The average Bonchev–Trinajstić information content (AvgIpc) is 3.03. The first-order chi connectivity index (χ1) is 9.74. The fourth-order valence-corrected chi connectivity index (χ4v) is 3.07. The van der Waals surface area contributed by atoms with Gasteiger partial charge in [-0.1, -0.05) is 6.07 Å². The number of para-hydroxylation sites is 1. The van der Waals surface area contributed by atoms with Crippen molar-refractivity contribution in [3.8, 4) is 11.5 Å². The highest BCUT2D eigenvalue weighted by Crippen LogP contribution is 2.27. The Balaban J connectivity index is 2.16. The zero-order valence-corrected chi connectivity index (χ0v) is 12.0. The van der Waals surface area contributed by atoms with Crippen LogP contribution in [0.4, 0.5) is 4.39 Å². The van der Waals surface area contributed by atoms with E-state index in [-0.39, 0.29) is 5.82 Å². The number of fused-ring (bicyclic) bond motifs is 1. The number of nitrogens with zero attached hydrogens (tertiary/aromatic N) is 3. The summed E-state index contributed by atoms with van der Waals surface area (Å²) in [6, 6.07) is 5.02. The van der Waals surface area contributed by atoms with Gasteiger partial charge in [0.05, 0.1) is 10.5 Å². The minimum atomic E-state index is -0.298. The van der Waals surface area contributed by atoms with Gasteiger partial charge in [0.1, 0.15) is 11.2 Å². The number of hydrogen-bond donors (Lipinski definition) is 1. The maximum atomic E-state index is 13.8. The molecule has 0 aliphatic heterocycles. The van der Waals surface area contributed by atoms with Crippen molar-refractivity contribution in [3.05, 3.63) is 34.4 Å². The van der Waals surface area contributed by atoms with Crippen LogP contribution in [-0.4, -0.2) is 21.1 Å². The third kappa shape index (κ3) is 2.10. The summed E-state index contributed by atoms with van der Waals surface area (Å²) >= 11 is 1.56. The number of hydrogen-bond acceptors (Lipinski definition) is 4. The molecule has 104 valence electrons. The number of aromatic nitrogens is 3. The van der Waals surface area contributed by atoms with Crippen molar-refractivity contribution in [1.82, 2.24) is 14.5 Å². The first-order valence-corrected chi connectivity index (χ1v) is 7.42. The lowest BCUT2D eigenvalue weighted by molar-refractivity contribution is 0.637. The molecule has 0 aliphatic rings. The third-order valence-corrected chi connectivity index (χ3v) is 4.09. The Morgan fingerprint density at radius 1 is 1.35 bits per heavy atom. The molecule has 6 heteroatoms. The molecule has 4 nitrogen and oxygen atoms in total. The molecule has 0 spiro atoms. The van der Waals surface area contributed by atoms with Crippen molar-refractivity contribution >= 4 is 22.4 Å². The van der Waals surface area contributed by atoms with Crippen LogP contribution in [0.5, 0.6) is 0 Å². The summed E-state index contributed by atoms with van der Waals surface area (Å²) in [6.45, 7) is 3.31. The van der Waals surface area contributed by atoms with E-state index in [0.717, 1.165) is 29.2 Å². The molecule has 0 saturated carbocycles. The van der Waals surface area contributed by atoms with Gasteiger partial charge in [-0.3, -0.25) is 0 Å². The van der Waals surface area contributed by atoms with Crippen molar-refractivity contribution in [2.24, 2.45) is 5.73 Å². The average molecular weight is 290 g/mol. The number of thiazole rings is 1. The molecule has 0 atom stereocenters. The second-order valence-corrected chi connectivity index (χ2v) is 5.40. The zero-order chi connectivity index (χ0) is 14.1. The van der Waals surface area contributed by atoms with Crippen LogP contribution in [0.3, 0.4) is 0 Å². The van der Waals surface area contributed by atoms with E-state index in [1.165, 1.54) is 6.07 Å². The molecular formula is C14H15FN4S. The molecule has 20 heavy (non-hydrogen) atoms.